The highest BCUT2D eigenvalue weighted by molar-refractivity contribution is 5.97. The zero-order chi connectivity index (χ0) is 19.0. The summed E-state index contributed by atoms with van der Waals surface area (Å²) in [7, 11) is 0. The van der Waals surface area contributed by atoms with Crippen LogP contribution in [0.3, 0.4) is 0 Å². The van der Waals surface area contributed by atoms with Crippen LogP contribution in [0.2, 0.25) is 0 Å². The van der Waals surface area contributed by atoms with Crippen LogP contribution >= 0.6 is 0 Å². The quantitative estimate of drug-likeness (QED) is 0.579. The first-order valence-corrected chi connectivity index (χ1v) is 7.99. The Balaban J connectivity index is 2.71. The molecule has 0 aliphatic rings. The molecule has 3 N–H and O–H groups in total. The largest absolute Gasteiger partial charge is 0.440 e. The van der Waals surface area contributed by atoms with Gasteiger partial charge >= 0.3 is 12.3 Å². The number of nitrogens with one attached hydrogen (secondary N) is 1. The number of amides is 1. The van der Waals surface area contributed by atoms with Crippen LogP contribution in [0.5, 0.6) is 0 Å². The van der Waals surface area contributed by atoms with Gasteiger partial charge in [0.15, 0.2) is 6.61 Å². The molecule has 1 aromatic rings. The summed E-state index contributed by atoms with van der Waals surface area (Å²) >= 11 is 0. The van der Waals surface area contributed by atoms with Crippen LogP contribution in [0, 0.1) is 12.8 Å². The lowest BCUT2D eigenvalue weighted by molar-refractivity contribution is -0.160. The number of halogens is 3. The fraction of sp³-hybridized carbons (Fsp3) is 0.529. The lowest BCUT2D eigenvalue weighted by atomic mass is 9.99. The van der Waals surface area contributed by atoms with Gasteiger partial charge in [0.1, 0.15) is 5.84 Å². The van der Waals surface area contributed by atoms with Gasteiger partial charge in [-0.05, 0) is 12.8 Å². The smallest absolute Gasteiger partial charge is 0.422 e. The molecule has 0 radical (unpaired) electrons. The van der Waals surface area contributed by atoms with Gasteiger partial charge < -0.3 is 15.8 Å². The lowest BCUT2D eigenvalue weighted by Gasteiger charge is -2.22. The molecule has 1 aromatic carbocycles. The number of aliphatic imine (C=N–C) groups is 1. The second kappa shape index (κ2) is 9.29. The van der Waals surface area contributed by atoms with Gasteiger partial charge in [-0.2, -0.15) is 13.2 Å². The Hall–Kier alpha value is -2.25. The van der Waals surface area contributed by atoms with E-state index in [0.717, 1.165) is 11.1 Å². The van der Waals surface area contributed by atoms with Crippen molar-refractivity contribution in [3.8, 4) is 0 Å². The molecule has 0 fully saturated rings. The third-order valence-electron chi connectivity index (χ3n) is 3.81. The van der Waals surface area contributed by atoms with Crippen LogP contribution in [0.4, 0.5) is 18.0 Å². The molecule has 0 aromatic heterocycles. The average molecular weight is 359 g/mol. The van der Waals surface area contributed by atoms with E-state index in [4.69, 9.17) is 5.73 Å². The van der Waals surface area contributed by atoms with E-state index in [9.17, 15) is 18.0 Å². The maximum Gasteiger partial charge on any atom is 0.422 e. The number of alkyl halides is 3. The first kappa shape index (κ1) is 20.8. The highest BCUT2D eigenvalue weighted by Crippen LogP contribution is 2.15. The van der Waals surface area contributed by atoms with Crippen LogP contribution in [-0.2, 0) is 4.74 Å². The Morgan fingerprint density at radius 3 is 2.44 bits per heavy atom. The minimum absolute atomic E-state index is 0.00648. The number of rotatable bonds is 7. The summed E-state index contributed by atoms with van der Waals surface area (Å²) in [6.45, 7) is 4.25. The van der Waals surface area contributed by atoms with E-state index in [0.29, 0.717) is 12.3 Å². The van der Waals surface area contributed by atoms with Gasteiger partial charge in [-0.1, -0.05) is 50.1 Å². The molecule has 0 bridgehead atoms. The molecule has 0 spiro atoms. The molecule has 0 aliphatic heterocycles. The summed E-state index contributed by atoms with van der Waals surface area (Å²) in [5.74, 6) is 0.298. The second-order valence-electron chi connectivity index (χ2n) is 5.92. The van der Waals surface area contributed by atoms with Gasteiger partial charge in [0.2, 0.25) is 0 Å². The van der Waals surface area contributed by atoms with E-state index >= 15 is 0 Å². The third kappa shape index (κ3) is 7.91. The van der Waals surface area contributed by atoms with Crippen molar-refractivity contribution in [1.82, 2.24) is 5.32 Å². The topological polar surface area (TPSA) is 76.7 Å². The summed E-state index contributed by atoms with van der Waals surface area (Å²) in [6.07, 6.45) is -4.96. The Kier molecular flexibility index (Phi) is 7.73. The van der Waals surface area contributed by atoms with E-state index in [2.05, 4.69) is 15.0 Å². The molecule has 25 heavy (non-hydrogen) atoms. The van der Waals surface area contributed by atoms with Gasteiger partial charge in [-0.25, -0.2) is 4.79 Å². The number of benzene rings is 1. The molecular weight excluding hydrogens is 335 g/mol. The van der Waals surface area contributed by atoms with Crippen LogP contribution in [0.1, 0.15) is 31.4 Å². The van der Waals surface area contributed by atoms with Crippen molar-refractivity contribution in [2.75, 3.05) is 13.2 Å². The predicted octanol–water partition coefficient (Wildman–Crippen LogP) is 3.40. The minimum atomic E-state index is -4.56. The SMILES string of the molecule is CC[C@H](C)C(CN=C(N)c1ccc(C)cc1)NC(=O)OCC(F)(F)F. The minimum Gasteiger partial charge on any atom is -0.440 e. The molecule has 5 nitrogen and oxygen atoms in total. The van der Waals surface area contributed by atoms with Crippen molar-refractivity contribution < 1.29 is 22.7 Å². The first-order valence-electron chi connectivity index (χ1n) is 7.99. The van der Waals surface area contributed by atoms with Gasteiger partial charge in [-0.3, -0.25) is 4.99 Å². The van der Waals surface area contributed by atoms with Crippen molar-refractivity contribution in [2.45, 2.75) is 39.4 Å². The molecule has 2 atom stereocenters. The molecule has 1 unspecified atom stereocenters. The van der Waals surface area contributed by atoms with Gasteiger partial charge in [0, 0.05) is 5.56 Å². The highest BCUT2D eigenvalue weighted by atomic mass is 19.4. The zero-order valence-corrected chi connectivity index (χ0v) is 14.6. The van der Waals surface area contributed by atoms with Gasteiger partial charge in [0.25, 0.3) is 0 Å². The number of ether oxygens (including phenoxy) is 1. The highest BCUT2D eigenvalue weighted by Gasteiger charge is 2.30. The maximum atomic E-state index is 12.1. The molecule has 1 amide bonds. The fourth-order valence-electron chi connectivity index (χ4n) is 2.01. The van der Waals surface area contributed by atoms with E-state index in [1.54, 1.807) is 0 Å². The summed E-state index contributed by atoms with van der Waals surface area (Å²) in [5, 5.41) is 2.43. The number of aryl methyl sites for hydroxylation is 1. The number of hydrogen-bond donors (Lipinski definition) is 2. The molecule has 1 rings (SSSR count). The van der Waals surface area contributed by atoms with Crippen LogP contribution in [-0.4, -0.2) is 37.3 Å². The maximum absolute atomic E-state index is 12.1. The van der Waals surface area contributed by atoms with Crippen molar-refractivity contribution in [3.63, 3.8) is 0 Å². The van der Waals surface area contributed by atoms with E-state index in [1.165, 1.54) is 0 Å². The fourth-order valence-corrected chi connectivity index (χ4v) is 2.01. The Morgan fingerprint density at radius 1 is 1.32 bits per heavy atom. The molecule has 8 heteroatoms. The molecule has 140 valence electrons. The molecule has 0 saturated carbocycles. The Morgan fingerprint density at radius 2 is 1.92 bits per heavy atom. The van der Waals surface area contributed by atoms with Gasteiger partial charge in [-0.15, -0.1) is 0 Å². The number of alkyl carbamates (subject to hydrolysis) is 1. The summed E-state index contributed by atoms with van der Waals surface area (Å²) in [5.41, 5.74) is 7.77. The normalized spacial score (nSPS) is 14.7. The third-order valence-corrected chi connectivity index (χ3v) is 3.81. The van der Waals surface area contributed by atoms with E-state index in [1.807, 2.05) is 45.0 Å². The molecular formula is C17H24F3N3O2. The standard InChI is InChI=1S/C17H24F3N3O2/c1-4-12(3)14(23-16(24)25-10-17(18,19)20)9-22-15(21)13-7-5-11(2)6-8-13/h5-8,12,14H,4,9-10H2,1-3H3,(H2,21,22)(H,23,24)/t12-,14?/m0/s1. The van der Waals surface area contributed by atoms with E-state index in [-0.39, 0.29) is 12.5 Å². The summed E-state index contributed by atoms with van der Waals surface area (Å²) in [4.78, 5) is 15.8. The van der Waals surface area contributed by atoms with E-state index < -0.39 is 24.9 Å². The van der Waals surface area contributed by atoms with Crippen LogP contribution in [0.25, 0.3) is 0 Å². The molecule has 0 heterocycles. The number of nitrogens with zero attached hydrogens (tertiary/aromatic N) is 1. The van der Waals surface area contributed by atoms with Gasteiger partial charge in [0.05, 0.1) is 12.6 Å². The second-order valence-corrected chi connectivity index (χ2v) is 5.92. The number of nitrogens with two attached hydrogens (primary N) is 1. The number of carbonyl (C=O) groups is 1. The lowest BCUT2D eigenvalue weighted by Crippen LogP contribution is -2.43. The van der Waals surface area contributed by atoms with Crippen molar-refractivity contribution in [1.29, 1.82) is 0 Å². The van der Waals surface area contributed by atoms with Crippen molar-refractivity contribution >= 4 is 11.9 Å². The molecule has 0 aliphatic carbocycles. The monoisotopic (exact) mass is 359 g/mol. The average Bonchev–Trinajstić information content (AvgIpc) is 2.55. The first-order chi connectivity index (χ1) is 11.6. The summed E-state index contributed by atoms with van der Waals surface area (Å²) < 4.78 is 40.5. The Bertz CT molecular complexity index is 586. The summed E-state index contributed by atoms with van der Waals surface area (Å²) in [6, 6.07) is 6.98. The zero-order valence-electron chi connectivity index (χ0n) is 14.6. The van der Waals surface area contributed by atoms with Crippen LogP contribution < -0.4 is 11.1 Å². The number of hydrogen-bond acceptors (Lipinski definition) is 3. The number of amidine groups is 1. The molecule has 0 saturated heterocycles. The van der Waals surface area contributed by atoms with Crippen molar-refractivity contribution in [2.24, 2.45) is 16.6 Å². The number of carbonyl (C=O) groups excluding carboxylic acids is 1. The predicted molar refractivity (Wildman–Crippen MR) is 90.6 cm³/mol. The Labute approximate surface area is 145 Å². The van der Waals surface area contributed by atoms with Crippen LogP contribution in [0.15, 0.2) is 29.3 Å². The van der Waals surface area contributed by atoms with Crippen molar-refractivity contribution in [3.05, 3.63) is 35.4 Å².